The van der Waals surface area contributed by atoms with E-state index in [1.807, 2.05) is 36.6 Å². The first-order chi connectivity index (χ1) is 12.7. The Labute approximate surface area is 155 Å². The SMILES string of the molecule is CCOc1ccccc1-c1nc(CC(=O)Nc2cccc(C#N)c2)cs1. The first kappa shape index (κ1) is 17.6. The fourth-order valence-electron chi connectivity index (χ4n) is 2.47. The molecule has 1 amide bonds. The van der Waals surface area contributed by atoms with E-state index in [4.69, 9.17) is 10.00 Å². The van der Waals surface area contributed by atoms with Crippen LogP contribution in [0.1, 0.15) is 18.2 Å². The van der Waals surface area contributed by atoms with Gasteiger partial charge in [0.25, 0.3) is 0 Å². The Hall–Kier alpha value is -3.17. The summed E-state index contributed by atoms with van der Waals surface area (Å²) in [6, 6.07) is 16.6. The number of hydrogen-bond donors (Lipinski definition) is 1. The van der Waals surface area contributed by atoms with Gasteiger partial charge in [0.2, 0.25) is 5.91 Å². The number of para-hydroxylation sites is 1. The number of amides is 1. The molecule has 1 N–H and O–H groups in total. The summed E-state index contributed by atoms with van der Waals surface area (Å²) in [6.45, 7) is 2.52. The van der Waals surface area contributed by atoms with Crippen LogP contribution < -0.4 is 10.1 Å². The first-order valence-corrected chi connectivity index (χ1v) is 9.04. The monoisotopic (exact) mass is 363 g/mol. The fraction of sp³-hybridized carbons (Fsp3) is 0.150. The molecule has 3 aromatic rings. The smallest absolute Gasteiger partial charge is 0.230 e. The summed E-state index contributed by atoms with van der Waals surface area (Å²) < 4.78 is 5.64. The predicted octanol–water partition coefficient (Wildman–Crippen LogP) is 4.26. The third-order valence-corrected chi connectivity index (χ3v) is 4.51. The third-order valence-electron chi connectivity index (χ3n) is 3.59. The molecule has 130 valence electrons. The molecule has 0 aliphatic heterocycles. The third kappa shape index (κ3) is 4.26. The van der Waals surface area contributed by atoms with E-state index in [0.29, 0.717) is 23.6 Å². The molecule has 0 aliphatic carbocycles. The van der Waals surface area contributed by atoms with Crippen molar-refractivity contribution in [1.82, 2.24) is 4.98 Å². The van der Waals surface area contributed by atoms with Crippen molar-refractivity contribution < 1.29 is 9.53 Å². The number of thiazole rings is 1. The van der Waals surface area contributed by atoms with E-state index in [1.54, 1.807) is 24.3 Å². The molecule has 2 aromatic carbocycles. The van der Waals surface area contributed by atoms with Gasteiger partial charge in [-0.3, -0.25) is 4.79 Å². The van der Waals surface area contributed by atoms with Gasteiger partial charge < -0.3 is 10.1 Å². The lowest BCUT2D eigenvalue weighted by Crippen LogP contribution is -2.14. The van der Waals surface area contributed by atoms with Crippen molar-refractivity contribution in [2.75, 3.05) is 11.9 Å². The number of carbonyl (C=O) groups excluding carboxylic acids is 1. The number of benzene rings is 2. The summed E-state index contributed by atoms with van der Waals surface area (Å²) in [6.07, 6.45) is 0.171. The molecule has 0 aliphatic rings. The molecule has 0 bridgehead atoms. The summed E-state index contributed by atoms with van der Waals surface area (Å²) in [4.78, 5) is 16.8. The van der Waals surface area contributed by atoms with Gasteiger partial charge >= 0.3 is 0 Å². The van der Waals surface area contributed by atoms with Crippen molar-refractivity contribution in [3.05, 3.63) is 65.2 Å². The molecule has 0 saturated carbocycles. The van der Waals surface area contributed by atoms with Crippen LogP contribution in [0.15, 0.2) is 53.9 Å². The highest BCUT2D eigenvalue weighted by molar-refractivity contribution is 7.13. The summed E-state index contributed by atoms with van der Waals surface area (Å²) >= 11 is 1.48. The number of hydrogen-bond acceptors (Lipinski definition) is 5. The summed E-state index contributed by atoms with van der Waals surface area (Å²) in [7, 11) is 0. The number of nitrogens with one attached hydrogen (secondary N) is 1. The van der Waals surface area contributed by atoms with Crippen LogP contribution in [-0.2, 0) is 11.2 Å². The molecule has 26 heavy (non-hydrogen) atoms. The maximum Gasteiger partial charge on any atom is 0.230 e. The van der Waals surface area contributed by atoms with E-state index in [0.717, 1.165) is 16.3 Å². The Morgan fingerprint density at radius 3 is 2.92 bits per heavy atom. The molecule has 0 spiro atoms. The lowest BCUT2D eigenvalue weighted by molar-refractivity contribution is -0.115. The molecule has 0 fully saturated rings. The number of ether oxygens (including phenoxy) is 1. The van der Waals surface area contributed by atoms with Gasteiger partial charge in [-0.25, -0.2) is 4.98 Å². The number of nitrogens with zero attached hydrogens (tertiary/aromatic N) is 2. The van der Waals surface area contributed by atoms with E-state index in [-0.39, 0.29) is 12.3 Å². The molecule has 0 unspecified atom stereocenters. The van der Waals surface area contributed by atoms with E-state index in [1.165, 1.54) is 11.3 Å². The van der Waals surface area contributed by atoms with Gasteiger partial charge in [-0.1, -0.05) is 18.2 Å². The zero-order chi connectivity index (χ0) is 18.4. The van der Waals surface area contributed by atoms with Crippen LogP contribution in [0.5, 0.6) is 5.75 Å². The van der Waals surface area contributed by atoms with Crippen molar-refractivity contribution in [2.24, 2.45) is 0 Å². The van der Waals surface area contributed by atoms with Crippen molar-refractivity contribution in [2.45, 2.75) is 13.3 Å². The zero-order valence-corrected chi connectivity index (χ0v) is 15.0. The fourth-order valence-corrected chi connectivity index (χ4v) is 3.32. The average molecular weight is 363 g/mol. The van der Waals surface area contributed by atoms with Crippen LogP contribution in [-0.4, -0.2) is 17.5 Å². The first-order valence-electron chi connectivity index (χ1n) is 8.16. The topological polar surface area (TPSA) is 75.0 Å². The Kier molecular flexibility index (Phi) is 5.62. The summed E-state index contributed by atoms with van der Waals surface area (Å²) in [5.41, 5.74) is 2.73. The maximum atomic E-state index is 12.2. The molecular formula is C20H17N3O2S. The van der Waals surface area contributed by atoms with Crippen LogP contribution in [0.25, 0.3) is 10.6 Å². The number of rotatable bonds is 6. The Balaban J connectivity index is 1.70. The average Bonchev–Trinajstić information content (AvgIpc) is 3.10. The second-order valence-corrected chi connectivity index (χ2v) is 6.35. The van der Waals surface area contributed by atoms with E-state index in [2.05, 4.69) is 16.4 Å². The number of carbonyl (C=O) groups is 1. The van der Waals surface area contributed by atoms with Crippen molar-refractivity contribution in [1.29, 1.82) is 5.26 Å². The Morgan fingerprint density at radius 2 is 2.12 bits per heavy atom. The van der Waals surface area contributed by atoms with Crippen molar-refractivity contribution >= 4 is 22.9 Å². The van der Waals surface area contributed by atoms with E-state index < -0.39 is 0 Å². The number of aromatic nitrogens is 1. The molecule has 0 saturated heterocycles. The van der Waals surface area contributed by atoms with E-state index >= 15 is 0 Å². The predicted molar refractivity (Wildman–Crippen MR) is 102 cm³/mol. The van der Waals surface area contributed by atoms with Gasteiger partial charge in [0.05, 0.1) is 35.9 Å². The van der Waals surface area contributed by atoms with Gasteiger partial charge in [-0.2, -0.15) is 5.26 Å². The molecule has 0 atom stereocenters. The van der Waals surface area contributed by atoms with Crippen molar-refractivity contribution in [3.8, 4) is 22.4 Å². The highest BCUT2D eigenvalue weighted by Crippen LogP contribution is 2.32. The second-order valence-electron chi connectivity index (χ2n) is 5.49. The molecule has 6 heteroatoms. The van der Waals surface area contributed by atoms with Crippen molar-refractivity contribution in [3.63, 3.8) is 0 Å². The molecule has 1 heterocycles. The van der Waals surface area contributed by atoms with Gasteiger partial charge in [-0.15, -0.1) is 11.3 Å². The van der Waals surface area contributed by atoms with Gasteiger partial charge in [0.1, 0.15) is 10.8 Å². The van der Waals surface area contributed by atoms with Crippen LogP contribution >= 0.6 is 11.3 Å². The lowest BCUT2D eigenvalue weighted by atomic mass is 10.2. The molecule has 5 nitrogen and oxygen atoms in total. The molecule has 3 rings (SSSR count). The second kappa shape index (κ2) is 8.28. The number of anilines is 1. The molecular weight excluding hydrogens is 346 g/mol. The van der Waals surface area contributed by atoms with Gasteiger partial charge in [-0.05, 0) is 37.3 Å². The minimum absolute atomic E-state index is 0.171. The summed E-state index contributed by atoms with van der Waals surface area (Å²) in [5, 5.41) is 14.4. The highest BCUT2D eigenvalue weighted by Gasteiger charge is 2.12. The molecule has 0 radical (unpaired) electrons. The minimum atomic E-state index is -0.171. The normalized spacial score (nSPS) is 10.2. The standard InChI is InChI=1S/C20H17N3O2S/c1-2-25-18-9-4-3-8-17(18)20-23-16(13-26-20)11-19(24)22-15-7-5-6-14(10-15)12-21/h3-10,13H,2,11H2,1H3,(H,22,24). The van der Waals surface area contributed by atoms with Gasteiger partial charge in [0, 0.05) is 11.1 Å². The lowest BCUT2D eigenvalue weighted by Gasteiger charge is -2.07. The van der Waals surface area contributed by atoms with Crippen LogP contribution in [0.4, 0.5) is 5.69 Å². The minimum Gasteiger partial charge on any atom is -0.493 e. The van der Waals surface area contributed by atoms with Crippen LogP contribution in [0.3, 0.4) is 0 Å². The largest absolute Gasteiger partial charge is 0.493 e. The van der Waals surface area contributed by atoms with E-state index in [9.17, 15) is 4.79 Å². The van der Waals surface area contributed by atoms with Crippen LogP contribution in [0, 0.1) is 11.3 Å². The Bertz CT molecular complexity index is 959. The number of nitriles is 1. The maximum absolute atomic E-state index is 12.2. The van der Waals surface area contributed by atoms with Crippen LogP contribution in [0.2, 0.25) is 0 Å². The summed E-state index contributed by atoms with van der Waals surface area (Å²) in [5.74, 6) is 0.615. The Morgan fingerprint density at radius 1 is 1.27 bits per heavy atom. The highest BCUT2D eigenvalue weighted by atomic mass is 32.1. The zero-order valence-electron chi connectivity index (χ0n) is 14.2. The quantitative estimate of drug-likeness (QED) is 0.710. The van der Waals surface area contributed by atoms with Gasteiger partial charge in [0.15, 0.2) is 0 Å². The molecule has 1 aromatic heterocycles.